The Labute approximate surface area is 247 Å². The number of carbonyl (C=O) groups is 2. The number of alkyl halides is 2. The van der Waals surface area contributed by atoms with E-state index in [-0.39, 0.29) is 33.9 Å². The molecule has 3 aromatic rings. The number of thiazole rings is 1. The molecular weight excluding hydrogens is 590 g/mol. The highest BCUT2D eigenvalue weighted by atomic mass is 32.2. The van der Waals surface area contributed by atoms with E-state index in [4.69, 9.17) is 14.5 Å². The number of halogens is 2. The number of hydrogen-bond acceptors (Lipinski definition) is 10. The van der Waals surface area contributed by atoms with E-state index in [0.29, 0.717) is 47.3 Å². The van der Waals surface area contributed by atoms with E-state index in [1.807, 2.05) is 17.8 Å². The SMILES string of the molecule is COc1ccc2nc(N3C4CSCC3C4)sc2c1C(=O)Nc1cc2c(cc1C(=O)NC13CC(OC)(C1)C3)OC(F)(F)O2. The van der Waals surface area contributed by atoms with Crippen LogP contribution in [0.5, 0.6) is 17.2 Å². The van der Waals surface area contributed by atoms with Crippen LogP contribution >= 0.6 is 23.1 Å². The van der Waals surface area contributed by atoms with Gasteiger partial charge in [-0.1, -0.05) is 11.3 Å². The van der Waals surface area contributed by atoms with Crippen molar-refractivity contribution in [1.29, 1.82) is 0 Å². The van der Waals surface area contributed by atoms with Crippen molar-refractivity contribution in [2.75, 3.05) is 35.9 Å². The van der Waals surface area contributed by atoms with Gasteiger partial charge in [0.05, 0.1) is 34.2 Å². The first-order valence-electron chi connectivity index (χ1n) is 13.6. The van der Waals surface area contributed by atoms with Crippen LogP contribution < -0.4 is 29.7 Å². The van der Waals surface area contributed by atoms with Crippen molar-refractivity contribution >= 4 is 55.9 Å². The van der Waals surface area contributed by atoms with E-state index in [2.05, 4.69) is 25.0 Å². The number of nitrogens with zero attached hydrogens (tertiary/aromatic N) is 2. The summed E-state index contributed by atoms with van der Waals surface area (Å²) in [4.78, 5) is 34.6. The lowest BCUT2D eigenvalue weighted by Crippen LogP contribution is -2.79. The molecule has 3 saturated carbocycles. The first-order chi connectivity index (χ1) is 20.1. The monoisotopic (exact) mass is 616 g/mol. The number of fused-ring (bicyclic) bond motifs is 4. The van der Waals surface area contributed by atoms with Crippen LogP contribution in [-0.4, -0.2) is 72.0 Å². The van der Waals surface area contributed by atoms with Crippen LogP contribution in [0.25, 0.3) is 10.2 Å². The van der Waals surface area contributed by atoms with Gasteiger partial charge < -0.3 is 34.5 Å². The van der Waals surface area contributed by atoms with Crippen molar-refractivity contribution in [3.05, 3.63) is 35.4 Å². The van der Waals surface area contributed by atoms with Crippen molar-refractivity contribution in [2.24, 2.45) is 0 Å². The van der Waals surface area contributed by atoms with Crippen molar-refractivity contribution < 1.29 is 37.3 Å². The Morgan fingerprint density at radius 3 is 2.45 bits per heavy atom. The minimum atomic E-state index is -3.89. The minimum absolute atomic E-state index is 0.00342. The molecule has 2 unspecified atom stereocenters. The third-order valence-electron chi connectivity index (χ3n) is 8.96. The van der Waals surface area contributed by atoms with E-state index < -0.39 is 23.6 Å². The molecule has 0 radical (unpaired) electrons. The van der Waals surface area contributed by atoms with Gasteiger partial charge in [0, 0.05) is 42.3 Å². The van der Waals surface area contributed by atoms with Gasteiger partial charge in [0.2, 0.25) is 0 Å². The molecule has 9 rings (SSSR count). The molecule has 2 atom stereocenters. The topological polar surface area (TPSA) is 111 Å². The lowest BCUT2D eigenvalue weighted by molar-refractivity contribution is -0.286. The van der Waals surface area contributed by atoms with Gasteiger partial charge >= 0.3 is 6.29 Å². The van der Waals surface area contributed by atoms with Gasteiger partial charge in [0.1, 0.15) is 11.3 Å². The Morgan fingerprint density at radius 1 is 1.07 bits per heavy atom. The number of ether oxygens (including phenoxy) is 4. The van der Waals surface area contributed by atoms with Gasteiger partial charge in [0.25, 0.3) is 11.8 Å². The van der Waals surface area contributed by atoms with Gasteiger partial charge in [-0.3, -0.25) is 9.59 Å². The van der Waals surface area contributed by atoms with Crippen molar-refractivity contribution in [1.82, 2.24) is 10.3 Å². The van der Waals surface area contributed by atoms with E-state index in [9.17, 15) is 18.4 Å². The van der Waals surface area contributed by atoms with Crippen molar-refractivity contribution in [2.45, 2.75) is 55.2 Å². The Morgan fingerprint density at radius 2 is 1.79 bits per heavy atom. The Balaban J connectivity index is 1.13. The molecule has 2 saturated heterocycles. The third-order valence-corrected chi connectivity index (χ3v) is 11.3. The highest BCUT2D eigenvalue weighted by Gasteiger charge is 2.69. The molecule has 1 aromatic heterocycles. The zero-order valence-electron chi connectivity index (χ0n) is 22.6. The highest BCUT2D eigenvalue weighted by Crippen LogP contribution is 2.62. The molecule has 4 bridgehead atoms. The average Bonchev–Trinajstić information content (AvgIpc) is 3.46. The maximum Gasteiger partial charge on any atom is 0.586 e. The zero-order valence-corrected chi connectivity index (χ0v) is 24.3. The Bertz CT molecular complexity index is 1650. The lowest BCUT2D eigenvalue weighted by atomic mass is 9.46. The molecular formula is C28H26F2N4O6S2. The fourth-order valence-electron chi connectivity index (χ4n) is 6.93. The average molecular weight is 617 g/mol. The Hall–Kier alpha value is -3.36. The van der Waals surface area contributed by atoms with Gasteiger partial charge in [0.15, 0.2) is 16.6 Å². The number of nitrogens with one attached hydrogen (secondary N) is 2. The summed E-state index contributed by atoms with van der Waals surface area (Å²) < 4.78 is 48.8. The summed E-state index contributed by atoms with van der Waals surface area (Å²) in [7, 11) is 3.11. The van der Waals surface area contributed by atoms with E-state index in [1.165, 1.54) is 30.6 Å². The fraction of sp³-hybridized carbons (Fsp3) is 0.464. The number of thioether (sulfide) groups is 1. The van der Waals surface area contributed by atoms with Crippen LogP contribution in [0.3, 0.4) is 0 Å². The molecule has 4 heterocycles. The van der Waals surface area contributed by atoms with Crippen LogP contribution in [0.2, 0.25) is 0 Å². The summed E-state index contributed by atoms with van der Waals surface area (Å²) >= 11 is 3.36. The molecule has 2 aromatic carbocycles. The lowest BCUT2D eigenvalue weighted by Gasteiger charge is -2.69. The smallest absolute Gasteiger partial charge is 0.496 e. The predicted octanol–water partition coefficient (Wildman–Crippen LogP) is 4.62. The van der Waals surface area contributed by atoms with Gasteiger partial charge in [-0.05, 0) is 43.9 Å². The summed E-state index contributed by atoms with van der Waals surface area (Å²) in [6.45, 7) is 0. The molecule has 10 nitrogen and oxygen atoms in total. The first-order valence-corrected chi connectivity index (χ1v) is 15.5. The number of amides is 2. The molecule has 5 fully saturated rings. The van der Waals surface area contributed by atoms with Gasteiger partial charge in [-0.25, -0.2) is 4.98 Å². The minimum Gasteiger partial charge on any atom is -0.496 e. The standard InChI is InChI=1S/C28H26F2N4O6S2/c1-37-18-4-3-16-22(42-25(32-16)34-13-5-14(34)9-41-8-13)21(18)24(36)31-17-7-20-19(39-28(29,30)40-20)6-15(17)23(35)33-26-10-27(11-26,12-26)38-2/h3-4,6-7,13-14H,5,8-12H2,1-2H3,(H,31,36)(H,33,35). The van der Waals surface area contributed by atoms with Crippen LogP contribution in [0, 0.1) is 0 Å². The number of carbonyl (C=O) groups excluding carboxylic acids is 2. The molecule has 42 heavy (non-hydrogen) atoms. The van der Waals surface area contributed by atoms with Crippen LogP contribution in [0.4, 0.5) is 19.6 Å². The highest BCUT2D eigenvalue weighted by molar-refractivity contribution is 7.99. The van der Waals surface area contributed by atoms with Crippen LogP contribution in [0.1, 0.15) is 46.4 Å². The number of methoxy groups -OCH3 is 2. The van der Waals surface area contributed by atoms with E-state index in [1.54, 1.807) is 13.2 Å². The third kappa shape index (κ3) is 3.87. The second kappa shape index (κ2) is 8.83. The molecule has 2 N–H and O–H groups in total. The first kappa shape index (κ1) is 26.3. The predicted molar refractivity (Wildman–Crippen MR) is 153 cm³/mol. The fourth-order valence-corrected chi connectivity index (χ4v) is 9.45. The van der Waals surface area contributed by atoms with Crippen molar-refractivity contribution in [3.8, 4) is 17.2 Å². The van der Waals surface area contributed by atoms with E-state index >= 15 is 0 Å². The normalized spacial score (nSPS) is 29.3. The molecule has 6 aliphatic rings. The van der Waals surface area contributed by atoms with E-state index in [0.717, 1.165) is 23.1 Å². The molecule has 3 aliphatic heterocycles. The number of anilines is 2. The summed E-state index contributed by atoms with van der Waals surface area (Å²) in [5.74, 6) is 0.739. The second-order valence-corrected chi connectivity index (χ2v) is 13.6. The largest absolute Gasteiger partial charge is 0.586 e. The zero-order chi connectivity index (χ0) is 29.0. The molecule has 2 amide bonds. The summed E-state index contributed by atoms with van der Waals surface area (Å²) in [5.41, 5.74) is 0.242. The summed E-state index contributed by atoms with van der Waals surface area (Å²) in [6, 6.07) is 6.71. The van der Waals surface area contributed by atoms with Gasteiger partial charge in [-0.15, -0.1) is 8.78 Å². The quantitative estimate of drug-likeness (QED) is 0.393. The number of benzene rings is 2. The summed E-state index contributed by atoms with van der Waals surface area (Å²) in [5, 5.41) is 6.63. The molecule has 220 valence electrons. The second-order valence-electron chi connectivity index (χ2n) is 11.6. The maximum absolute atomic E-state index is 13.9. The number of aromatic nitrogens is 1. The number of hydrogen-bond donors (Lipinski definition) is 2. The van der Waals surface area contributed by atoms with Crippen molar-refractivity contribution in [3.63, 3.8) is 0 Å². The summed E-state index contributed by atoms with van der Waals surface area (Å²) in [6.07, 6.45) is -0.759. The van der Waals surface area contributed by atoms with Crippen LogP contribution in [0.15, 0.2) is 24.3 Å². The molecule has 0 spiro atoms. The molecule has 3 aliphatic carbocycles. The number of rotatable bonds is 7. The Kier molecular flexibility index (Phi) is 5.53. The molecule has 14 heteroatoms. The maximum atomic E-state index is 13.9. The van der Waals surface area contributed by atoms with Gasteiger partial charge in [-0.2, -0.15) is 11.8 Å². The van der Waals surface area contributed by atoms with Crippen LogP contribution in [-0.2, 0) is 4.74 Å².